The summed E-state index contributed by atoms with van der Waals surface area (Å²) in [6.07, 6.45) is 4.10. The van der Waals surface area contributed by atoms with E-state index in [4.69, 9.17) is 0 Å². The van der Waals surface area contributed by atoms with Crippen LogP contribution < -0.4 is 4.90 Å². The Morgan fingerprint density at radius 1 is 1.22 bits per heavy atom. The predicted octanol–water partition coefficient (Wildman–Crippen LogP) is 0.644. The van der Waals surface area contributed by atoms with E-state index in [1.165, 1.54) is 10.6 Å². The second kappa shape index (κ2) is 6.84. The lowest BCUT2D eigenvalue weighted by Crippen LogP contribution is -2.47. The normalized spacial score (nSPS) is 16.7. The number of piperidine rings is 1. The van der Waals surface area contributed by atoms with Gasteiger partial charge in [0.15, 0.2) is 0 Å². The maximum absolute atomic E-state index is 12.5. The number of hydrogen-bond acceptors (Lipinski definition) is 5. The number of carbonyl (C=O) groups is 1. The van der Waals surface area contributed by atoms with E-state index in [0.29, 0.717) is 31.5 Å². The van der Waals surface area contributed by atoms with Crippen LogP contribution in [0.2, 0.25) is 0 Å². The molecule has 0 saturated carbocycles. The van der Waals surface area contributed by atoms with Crippen molar-refractivity contribution in [3.05, 3.63) is 23.9 Å². The van der Waals surface area contributed by atoms with Crippen molar-refractivity contribution in [3.8, 4) is 0 Å². The van der Waals surface area contributed by atoms with Crippen molar-refractivity contribution in [1.29, 1.82) is 0 Å². The van der Waals surface area contributed by atoms with Crippen LogP contribution >= 0.6 is 0 Å². The van der Waals surface area contributed by atoms with E-state index in [1.807, 2.05) is 25.1 Å². The number of likely N-dealkylation sites (tertiary alicyclic amines) is 1. The third kappa shape index (κ3) is 4.20. The van der Waals surface area contributed by atoms with Gasteiger partial charge in [-0.25, -0.2) is 17.7 Å². The van der Waals surface area contributed by atoms with Crippen LogP contribution in [0.3, 0.4) is 0 Å². The number of pyridine rings is 1. The summed E-state index contributed by atoms with van der Waals surface area (Å²) in [6.45, 7) is 1.11. The summed E-state index contributed by atoms with van der Waals surface area (Å²) < 4.78 is 24.6. The quantitative estimate of drug-likeness (QED) is 0.804. The minimum Gasteiger partial charge on any atom is -0.363 e. The van der Waals surface area contributed by atoms with Gasteiger partial charge in [-0.05, 0) is 25.0 Å². The van der Waals surface area contributed by atoms with Gasteiger partial charge in [0.25, 0.3) is 5.91 Å². The van der Waals surface area contributed by atoms with Gasteiger partial charge >= 0.3 is 0 Å². The van der Waals surface area contributed by atoms with Crippen molar-refractivity contribution >= 4 is 21.7 Å². The first-order valence-electron chi connectivity index (χ1n) is 7.56. The third-order valence-electron chi connectivity index (χ3n) is 4.24. The number of nitrogens with zero attached hydrogens (tertiary/aromatic N) is 4. The number of sulfonamides is 1. The number of hydrogen-bond donors (Lipinski definition) is 0. The van der Waals surface area contributed by atoms with Crippen LogP contribution in [0.15, 0.2) is 18.3 Å². The maximum Gasteiger partial charge on any atom is 0.255 e. The standard InChI is InChI=1S/C15H24N4O3S/c1-17(2)14-6-5-12(11-16-14)15(20)19-9-7-13(8-10-19)18(3)23(4,21)22/h5-6,11,13H,7-10H2,1-4H3. The molecule has 7 nitrogen and oxygen atoms in total. The first kappa shape index (κ1) is 17.7. The summed E-state index contributed by atoms with van der Waals surface area (Å²) in [5.74, 6) is 0.748. The first-order valence-corrected chi connectivity index (χ1v) is 9.40. The van der Waals surface area contributed by atoms with Gasteiger partial charge < -0.3 is 9.80 Å². The lowest BCUT2D eigenvalue weighted by Gasteiger charge is -2.35. The Kier molecular flexibility index (Phi) is 5.26. The van der Waals surface area contributed by atoms with E-state index in [9.17, 15) is 13.2 Å². The highest BCUT2D eigenvalue weighted by atomic mass is 32.2. The van der Waals surface area contributed by atoms with Crippen molar-refractivity contribution < 1.29 is 13.2 Å². The van der Waals surface area contributed by atoms with Gasteiger partial charge in [-0.2, -0.15) is 0 Å². The minimum absolute atomic E-state index is 0.0386. The molecule has 2 heterocycles. The number of amides is 1. The minimum atomic E-state index is -3.19. The fraction of sp³-hybridized carbons (Fsp3) is 0.600. The summed E-state index contributed by atoms with van der Waals surface area (Å²) >= 11 is 0. The molecule has 1 amide bonds. The molecule has 1 aromatic heterocycles. The van der Waals surface area contributed by atoms with Crippen molar-refractivity contribution in [1.82, 2.24) is 14.2 Å². The first-order chi connectivity index (χ1) is 10.7. The lowest BCUT2D eigenvalue weighted by atomic mass is 10.0. The summed E-state index contributed by atoms with van der Waals surface area (Å²) in [6, 6.07) is 3.56. The van der Waals surface area contributed by atoms with Gasteiger partial charge in [0.2, 0.25) is 10.0 Å². The molecule has 1 fully saturated rings. The van der Waals surface area contributed by atoms with Crippen molar-refractivity contribution in [3.63, 3.8) is 0 Å². The van der Waals surface area contributed by atoms with Crippen LogP contribution in [0.1, 0.15) is 23.2 Å². The van der Waals surface area contributed by atoms with Gasteiger partial charge in [-0.1, -0.05) is 0 Å². The molecule has 0 aliphatic carbocycles. The molecule has 1 aromatic rings. The van der Waals surface area contributed by atoms with Crippen LogP contribution in [0.5, 0.6) is 0 Å². The van der Waals surface area contributed by atoms with E-state index < -0.39 is 10.0 Å². The molecular formula is C15H24N4O3S. The molecule has 2 rings (SSSR count). The Balaban J connectivity index is 1.98. The smallest absolute Gasteiger partial charge is 0.255 e. The number of rotatable bonds is 4. The fourth-order valence-electron chi connectivity index (χ4n) is 2.66. The fourth-order valence-corrected chi connectivity index (χ4v) is 3.42. The predicted molar refractivity (Wildman–Crippen MR) is 90.1 cm³/mol. The van der Waals surface area contributed by atoms with E-state index >= 15 is 0 Å². The Labute approximate surface area is 137 Å². The van der Waals surface area contributed by atoms with E-state index in [2.05, 4.69) is 4.98 Å². The average Bonchev–Trinajstić information content (AvgIpc) is 2.53. The molecule has 0 aromatic carbocycles. The third-order valence-corrected chi connectivity index (χ3v) is 5.59. The van der Waals surface area contributed by atoms with Gasteiger partial charge in [0, 0.05) is 46.5 Å². The molecule has 0 unspecified atom stereocenters. The molecule has 0 spiro atoms. The van der Waals surface area contributed by atoms with Crippen molar-refractivity contribution in [2.75, 3.05) is 45.4 Å². The van der Waals surface area contributed by atoms with Crippen LogP contribution in [-0.4, -0.2) is 75.0 Å². The molecule has 8 heteroatoms. The zero-order valence-electron chi connectivity index (χ0n) is 14.1. The van der Waals surface area contributed by atoms with Gasteiger partial charge in [-0.3, -0.25) is 4.79 Å². The van der Waals surface area contributed by atoms with Crippen LogP contribution in [0.25, 0.3) is 0 Å². The highest BCUT2D eigenvalue weighted by molar-refractivity contribution is 7.88. The Morgan fingerprint density at radius 3 is 2.26 bits per heavy atom. The zero-order chi connectivity index (χ0) is 17.2. The molecule has 1 aliphatic rings. The topological polar surface area (TPSA) is 73.8 Å². The summed E-state index contributed by atoms with van der Waals surface area (Å²) in [7, 11) is 2.20. The molecule has 23 heavy (non-hydrogen) atoms. The van der Waals surface area contributed by atoms with Gasteiger partial charge in [-0.15, -0.1) is 0 Å². The largest absolute Gasteiger partial charge is 0.363 e. The van der Waals surface area contributed by atoms with Crippen LogP contribution in [0.4, 0.5) is 5.82 Å². The average molecular weight is 340 g/mol. The SMILES string of the molecule is CN(C)c1ccc(C(=O)N2CCC(N(C)S(C)(=O)=O)CC2)cn1. The molecule has 0 bridgehead atoms. The van der Waals surface area contributed by atoms with Crippen LogP contribution in [0, 0.1) is 0 Å². The van der Waals surface area contributed by atoms with Crippen LogP contribution in [-0.2, 0) is 10.0 Å². The summed E-state index contributed by atoms with van der Waals surface area (Å²) in [4.78, 5) is 20.4. The summed E-state index contributed by atoms with van der Waals surface area (Å²) in [5.41, 5.74) is 0.561. The highest BCUT2D eigenvalue weighted by Crippen LogP contribution is 2.19. The monoisotopic (exact) mass is 340 g/mol. The molecule has 1 aliphatic heterocycles. The van der Waals surface area contributed by atoms with E-state index in [1.54, 1.807) is 24.2 Å². The van der Waals surface area contributed by atoms with Crippen molar-refractivity contribution in [2.24, 2.45) is 0 Å². The van der Waals surface area contributed by atoms with Crippen molar-refractivity contribution in [2.45, 2.75) is 18.9 Å². The molecule has 128 valence electrons. The zero-order valence-corrected chi connectivity index (χ0v) is 14.9. The second-order valence-corrected chi connectivity index (χ2v) is 8.14. The molecule has 1 saturated heterocycles. The van der Waals surface area contributed by atoms with E-state index in [0.717, 1.165) is 5.82 Å². The Morgan fingerprint density at radius 2 is 1.83 bits per heavy atom. The number of carbonyl (C=O) groups excluding carboxylic acids is 1. The number of anilines is 1. The Hall–Kier alpha value is -1.67. The highest BCUT2D eigenvalue weighted by Gasteiger charge is 2.29. The lowest BCUT2D eigenvalue weighted by molar-refractivity contribution is 0.0686. The van der Waals surface area contributed by atoms with E-state index in [-0.39, 0.29) is 11.9 Å². The van der Waals surface area contributed by atoms with Gasteiger partial charge in [0.1, 0.15) is 5.82 Å². The summed E-state index contributed by atoms with van der Waals surface area (Å²) in [5, 5.41) is 0. The molecule has 0 atom stereocenters. The number of aromatic nitrogens is 1. The second-order valence-electron chi connectivity index (χ2n) is 6.10. The Bertz CT molecular complexity index is 650. The molecule has 0 radical (unpaired) electrons. The van der Waals surface area contributed by atoms with Gasteiger partial charge in [0.05, 0.1) is 11.8 Å². The molecule has 0 N–H and O–H groups in total. The maximum atomic E-state index is 12.5. The molecular weight excluding hydrogens is 316 g/mol.